The third-order valence-corrected chi connectivity index (χ3v) is 2.57. The van der Waals surface area contributed by atoms with Crippen LogP contribution < -0.4 is 0 Å². The van der Waals surface area contributed by atoms with E-state index in [0.717, 1.165) is 6.29 Å². The van der Waals surface area contributed by atoms with E-state index < -0.39 is 11.5 Å². The van der Waals surface area contributed by atoms with Crippen LogP contribution in [-0.4, -0.2) is 29.1 Å². The van der Waals surface area contributed by atoms with Crippen molar-refractivity contribution in [1.29, 1.82) is 0 Å². The van der Waals surface area contributed by atoms with Crippen LogP contribution in [-0.2, 0) is 15.1 Å². The number of aldehydes is 1. The van der Waals surface area contributed by atoms with Crippen LogP contribution in [0.15, 0.2) is 6.20 Å². The van der Waals surface area contributed by atoms with Crippen LogP contribution in [0.1, 0.15) is 36.3 Å². The third-order valence-electron chi connectivity index (χ3n) is 2.57. The Morgan fingerprint density at radius 1 is 1.62 bits per heavy atom. The molecule has 5 nitrogen and oxygen atoms in total. The second kappa shape index (κ2) is 4.47. The van der Waals surface area contributed by atoms with Crippen molar-refractivity contribution in [3.8, 4) is 0 Å². The van der Waals surface area contributed by atoms with Gasteiger partial charge >= 0.3 is 5.97 Å². The van der Waals surface area contributed by atoms with Gasteiger partial charge in [-0.3, -0.25) is 4.68 Å². The normalized spacial score (nSPS) is 11.2. The zero-order valence-corrected chi connectivity index (χ0v) is 9.98. The smallest absolute Gasteiger partial charge is 0.341 e. The summed E-state index contributed by atoms with van der Waals surface area (Å²) in [6.45, 7) is 5.57. The van der Waals surface area contributed by atoms with Crippen LogP contribution >= 0.6 is 0 Å². The standard InChI is InChI=1S/C11H16N2O3/c1-8-9(10(15)16-4)7-12-13(8)11(2,3)5-6-14/h6-7H,5H2,1-4H3. The highest BCUT2D eigenvalue weighted by Crippen LogP contribution is 2.21. The van der Waals surface area contributed by atoms with Crippen molar-refractivity contribution in [3.63, 3.8) is 0 Å². The lowest BCUT2D eigenvalue weighted by atomic mass is 10.0. The van der Waals surface area contributed by atoms with Crippen LogP contribution in [0.3, 0.4) is 0 Å². The van der Waals surface area contributed by atoms with Gasteiger partial charge in [-0.15, -0.1) is 0 Å². The molecule has 0 N–H and O–H groups in total. The fourth-order valence-electron chi connectivity index (χ4n) is 1.62. The molecule has 16 heavy (non-hydrogen) atoms. The maximum absolute atomic E-state index is 11.4. The van der Waals surface area contributed by atoms with Gasteiger partial charge in [-0.2, -0.15) is 5.10 Å². The lowest BCUT2D eigenvalue weighted by molar-refractivity contribution is -0.109. The minimum absolute atomic E-state index is 0.343. The zero-order valence-electron chi connectivity index (χ0n) is 9.98. The van der Waals surface area contributed by atoms with E-state index in [1.165, 1.54) is 13.3 Å². The Morgan fingerprint density at radius 2 is 2.25 bits per heavy atom. The molecule has 0 radical (unpaired) electrons. The number of methoxy groups -OCH3 is 1. The topological polar surface area (TPSA) is 61.2 Å². The Balaban J connectivity index is 3.13. The Bertz CT molecular complexity index is 407. The highest BCUT2D eigenvalue weighted by atomic mass is 16.5. The summed E-state index contributed by atoms with van der Waals surface area (Å²) >= 11 is 0. The van der Waals surface area contributed by atoms with Gasteiger partial charge < -0.3 is 9.53 Å². The minimum Gasteiger partial charge on any atom is -0.465 e. The molecule has 88 valence electrons. The predicted molar refractivity (Wildman–Crippen MR) is 58.3 cm³/mol. The molecule has 1 heterocycles. The van der Waals surface area contributed by atoms with Crippen molar-refractivity contribution in [2.45, 2.75) is 32.7 Å². The predicted octanol–water partition coefficient (Wildman–Crippen LogP) is 1.30. The summed E-state index contributed by atoms with van der Waals surface area (Å²) in [5.41, 5.74) is 0.707. The maximum atomic E-state index is 11.4. The number of esters is 1. The van der Waals surface area contributed by atoms with E-state index in [9.17, 15) is 9.59 Å². The highest BCUT2D eigenvalue weighted by molar-refractivity contribution is 5.90. The van der Waals surface area contributed by atoms with E-state index in [2.05, 4.69) is 9.84 Å². The monoisotopic (exact) mass is 224 g/mol. The Kier molecular flexibility index (Phi) is 3.47. The fraction of sp³-hybridized carbons (Fsp3) is 0.545. The van der Waals surface area contributed by atoms with E-state index in [-0.39, 0.29) is 0 Å². The van der Waals surface area contributed by atoms with Crippen molar-refractivity contribution >= 4 is 12.3 Å². The lowest BCUT2D eigenvalue weighted by Crippen LogP contribution is -2.29. The summed E-state index contributed by atoms with van der Waals surface area (Å²) in [6, 6.07) is 0. The first-order valence-electron chi connectivity index (χ1n) is 5.01. The van der Waals surface area contributed by atoms with E-state index in [4.69, 9.17) is 0 Å². The number of ether oxygens (including phenoxy) is 1. The van der Waals surface area contributed by atoms with E-state index in [1.807, 2.05) is 13.8 Å². The Hall–Kier alpha value is -1.65. The van der Waals surface area contributed by atoms with Crippen molar-refractivity contribution in [2.75, 3.05) is 7.11 Å². The summed E-state index contributed by atoms with van der Waals surface area (Å²) in [5.74, 6) is -0.411. The molecular formula is C11H16N2O3. The fourth-order valence-corrected chi connectivity index (χ4v) is 1.62. The minimum atomic E-state index is -0.432. The van der Waals surface area contributed by atoms with Gasteiger partial charge in [-0.25, -0.2) is 4.79 Å². The van der Waals surface area contributed by atoms with E-state index in [1.54, 1.807) is 11.6 Å². The zero-order chi connectivity index (χ0) is 12.3. The van der Waals surface area contributed by atoms with Crippen LogP contribution in [0.4, 0.5) is 0 Å². The molecule has 0 aliphatic rings. The van der Waals surface area contributed by atoms with Gasteiger partial charge in [0.1, 0.15) is 11.8 Å². The molecule has 0 bridgehead atoms. The molecular weight excluding hydrogens is 208 g/mol. The average Bonchev–Trinajstić information content (AvgIpc) is 2.59. The van der Waals surface area contributed by atoms with Gasteiger partial charge in [0.2, 0.25) is 0 Å². The number of aromatic nitrogens is 2. The summed E-state index contributed by atoms with van der Waals surface area (Å²) < 4.78 is 6.32. The Morgan fingerprint density at radius 3 is 2.75 bits per heavy atom. The first-order valence-corrected chi connectivity index (χ1v) is 5.01. The molecule has 1 aromatic heterocycles. The van der Waals surface area contributed by atoms with Crippen molar-refractivity contribution in [1.82, 2.24) is 9.78 Å². The summed E-state index contributed by atoms with van der Waals surface area (Å²) in [5, 5.41) is 4.13. The molecule has 1 aromatic rings. The van der Waals surface area contributed by atoms with Crippen LogP contribution in [0.2, 0.25) is 0 Å². The van der Waals surface area contributed by atoms with Gasteiger partial charge in [0.25, 0.3) is 0 Å². The van der Waals surface area contributed by atoms with Crippen molar-refractivity contribution in [3.05, 3.63) is 17.5 Å². The third kappa shape index (κ3) is 2.13. The van der Waals surface area contributed by atoms with Gasteiger partial charge in [0.05, 0.1) is 24.5 Å². The first-order chi connectivity index (χ1) is 7.44. The second-order valence-electron chi connectivity index (χ2n) is 4.23. The molecule has 0 saturated heterocycles. The molecule has 0 fully saturated rings. The molecule has 0 unspecified atom stereocenters. The molecule has 0 aliphatic heterocycles. The molecule has 1 rings (SSSR count). The molecule has 0 saturated carbocycles. The number of carbonyl (C=O) groups is 2. The SMILES string of the molecule is COC(=O)c1cnn(C(C)(C)CC=O)c1C. The molecule has 0 atom stereocenters. The van der Waals surface area contributed by atoms with Crippen molar-refractivity contribution < 1.29 is 14.3 Å². The van der Waals surface area contributed by atoms with Crippen LogP contribution in [0, 0.1) is 6.92 Å². The summed E-state index contributed by atoms with van der Waals surface area (Å²) in [7, 11) is 1.33. The number of hydrogen-bond acceptors (Lipinski definition) is 4. The lowest BCUT2D eigenvalue weighted by Gasteiger charge is -2.24. The largest absolute Gasteiger partial charge is 0.465 e. The molecule has 0 aromatic carbocycles. The number of nitrogens with zero attached hydrogens (tertiary/aromatic N) is 2. The summed E-state index contributed by atoms with van der Waals surface area (Å²) in [4.78, 5) is 22.0. The molecule has 5 heteroatoms. The molecule has 0 spiro atoms. The van der Waals surface area contributed by atoms with Gasteiger partial charge in [0, 0.05) is 6.42 Å². The van der Waals surface area contributed by atoms with E-state index >= 15 is 0 Å². The van der Waals surface area contributed by atoms with Gasteiger partial charge in [-0.05, 0) is 20.8 Å². The first kappa shape index (κ1) is 12.4. The quantitative estimate of drug-likeness (QED) is 0.571. The van der Waals surface area contributed by atoms with Gasteiger partial charge in [0.15, 0.2) is 0 Å². The molecule has 0 amide bonds. The second-order valence-corrected chi connectivity index (χ2v) is 4.23. The maximum Gasteiger partial charge on any atom is 0.341 e. The number of rotatable bonds is 4. The van der Waals surface area contributed by atoms with Crippen LogP contribution in [0.5, 0.6) is 0 Å². The number of hydrogen-bond donors (Lipinski definition) is 0. The van der Waals surface area contributed by atoms with Crippen LogP contribution in [0.25, 0.3) is 0 Å². The number of carbonyl (C=O) groups excluding carboxylic acids is 2. The van der Waals surface area contributed by atoms with E-state index in [0.29, 0.717) is 17.7 Å². The summed E-state index contributed by atoms with van der Waals surface area (Å²) in [6.07, 6.45) is 2.66. The molecule has 0 aliphatic carbocycles. The Labute approximate surface area is 94.4 Å². The average molecular weight is 224 g/mol. The van der Waals surface area contributed by atoms with Crippen molar-refractivity contribution in [2.24, 2.45) is 0 Å². The highest BCUT2D eigenvalue weighted by Gasteiger charge is 2.25. The van der Waals surface area contributed by atoms with Gasteiger partial charge in [-0.1, -0.05) is 0 Å².